The molecule has 0 aliphatic heterocycles. The molecule has 7 heteroatoms. The summed E-state index contributed by atoms with van der Waals surface area (Å²) >= 11 is 3.15. The van der Waals surface area contributed by atoms with E-state index in [-0.39, 0.29) is 16.8 Å². The Balaban J connectivity index is 2.35. The molecule has 4 nitrogen and oxygen atoms in total. The number of benzene rings is 2. The van der Waals surface area contributed by atoms with Crippen LogP contribution < -0.4 is 5.32 Å². The summed E-state index contributed by atoms with van der Waals surface area (Å²) in [4.78, 5) is 23.0. The molecule has 0 saturated heterocycles. The Hall–Kier alpha value is -2.28. The molecule has 108 valence electrons. The quantitative estimate of drug-likeness (QED) is 0.882. The second kappa shape index (κ2) is 6.01. The molecule has 2 aromatic carbocycles. The molecule has 0 unspecified atom stereocenters. The minimum absolute atomic E-state index is 0.0199. The zero-order chi connectivity index (χ0) is 15.6. The van der Waals surface area contributed by atoms with Gasteiger partial charge in [0.05, 0.1) is 11.3 Å². The Morgan fingerprint density at radius 2 is 1.67 bits per heavy atom. The normalized spacial score (nSPS) is 10.2. The highest BCUT2D eigenvalue weighted by Crippen LogP contribution is 2.22. The van der Waals surface area contributed by atoms with Crippen LogP contribution in [0.3, 0.4) is 0 Å². The second-order valence-corrected chi connectivity index (χ2v) is 5.02. The van der Waals surface area contributed by atoms with Gasteiger partial charge in [0.25, 0.3) is 5.91 Å². The highest BCUT2D eigenvalue weighted by atomic mass is 79.9. The summed E-state index contributed by atoms with van der Waals surface area (Å²) in [6, 6.07) is 6.54. The maximum atomic E-state index is 13.1. The number of carbonyl (C=O) groups excluding carboxylic acids is 1. The third kappa shape index (κ3) is 3.63. The number of hydrogen-bond acceptors (Lipinski definition) is 2. The summed E-state index contributed by atoms with van der Waals surface area (Å²) in [5, 5.41) is 11.4. The van der Waals surface area contributed by atoms with Gasteiger partial charge in [0.15, 0.2) is 0 Å². The van der Waals surface area contributed by atoms with Gasteiger partial charge < -0.3 is 10.4 Å². The Bertz CT molecular complexity index is 714. The minimum atomic E-state index is -1.23. The number of carboxylic acids is 1. The first-order valence-electron chi connectivity index (χ1n) is 5.67. The Morgan fingerprint density at radius 1 is 1.05 bits per heavy atom. The molecule has 2 rings (SSSR count). The van der Waals surface area contributed by atoms with Crippen molar-refractivity contribution in [3.63, 3.8) is 0 Å². The first-order chi connectivity index (χ1) is 9.86. The molecule has 1 amide bonds. The van der Waals surface area contributed by atoms with Gasteiger partial charge in [-0.3, -0.25) is 4.79 Å². The van der Waals surface area contributed by atoms with Crippen LogP contribution in [0.4, 0.5) is 14.5 Å². The van der Waals surface area contributed by atoms with E-state index in [0.29, 0.717) is 10.5 Å². The molecule has 0 saturated carbocycles. The molecule has 0 radical (unpaired) electrons. The minimum Gasteiger partial charge on any atom is -0.478 e. The third-order valence-electron chi connectivity index (χ3n) is 2.58. The second-order valence-electron chi connectivity index (χ2n) is 4.11. The van der Waals surface area contributed by atoms with Crippen LogP contribution in [0.2, 0.25) is 0 Å². The topological polar surface area (TPSA) is 66.4 Å². The van der Waals surface area contributed by atoms with Gasteiger partial charge in [0, 0.05) is 16.1 Å². The zero-order valence-corrected chi connectivity index (χ0v) is 11.9. The Labute approximate surface area is 126 Å². The number of rotatable bonds is 3. The lowest BCUT2D eigenvalue weighted by Crippen LogP contribution is -2.15. The van der Waals surface area contributed by atoms with Gasteiger partial charge in [0.1, 0.15) is 11.6 Å². The monoisotopic (exact) mass is 355 g/mol. The van der Waals surface area contributed by atoms with Crippen molar-refractivity contribution in [3.8, 4) is 0 Å². The molecule has 0 fully saturated rings. The Kier molecular flexibility index (Phi) is 4.32. The lowest BCUT2D eigenvalue weighted by atomic mass is 10.1. The summed E-state index contributed by atoms with van der Waals surface area (Å²) < 4.78 is 26.7. The van der Waals surface area contributed by atoms with E-state index in [9.17, 15) is 18.4 Å². The number of aromatic carboxylic acids is 1. The lowest BCUT2D eigenvalue weighted by molar-refractivity contribution is 0.0698. The summed E-state index contributed by atoms with van der Waals surface area (Å²) in [6.45, 7) is 0. The molecule has 0 aliphatic carbocycles. The molecular formula is C14H8BrF2NO3. The molecule has 0 bridgehead atoms. The molecule has 0 aliphatic rings. The van der Waals surface area contributed by atoms with E-state index in [0.717, 1.165) is 12.1 Å². The Morgan fingerprint density at radius 3 is 2.24 bits per heavy atom. The van der Waals surface area contributed by atoms with Gasteiger partial charge in [-0.15, -0.1) is 0 Å². The average molecular weight is 356 g/mol. The highest BCUT2D eigenvalue weighted by molar-refractivity contribution is 9.10. The smallest absolute Gasteiger partial charge is 0.337 e. The number of hydrogen-bond donors (Lipinski definition) is 2. The van der Waals surface area contributed by atoms with Crippen LogP contribution in [0.1, 0.15) is 20.7 Å². The van der Waals surface area contributed by atoms with E-state index >= 15 is 0 Å². The van der Waals surface area contributed by atoms with E-state index in [2.05, 4.69) is 21.2 Å². The molecular weight excluding hydrogens is 348 g/mol. The van der Waals surface area contributed by atoms with Crippen LogP contribution in [-0.4, -0.2) is 17.0 Å². The van der Waals surface area contributed by atoms with Crippen molar-refractivity contribution in [2.45, 2.75) is 0 Å². The fourth-order valence-corrected chi connectivity index (χ4v) is 2.05. The fourth-order valence-electron chi connectivity index (χ4n) is 1.69. The highest BCUT2D eigenvalue weighted by Gasteiger charge is 2.15. The van der Waals surface area contributed by atoms with Gasteiger partial charge in [0.2, 0.25) is 0 Å². The van der Waals surface area contributed by atoms with Crippen molar-refractivity contribution in [2.24, 2.45) is 0 Å². The van der Waals surface area contributed by atoms with Crippen molar-refractivity contribution in [1.29, 1.82) is 0 Å². The number of anilines is 1. The van der Waals surface area contributed by atoms with Crippen LogP contribution in [-0.2, 0) is 0 Å². The molecule has 21 heavy (non-hydrogen) atoms. The van der Waals surface area contributed by atoms with Crippen molar-refractivity contribution >= 4 is 33.5 Å². The van der Waals surface area contributed by atoms with E-state index in [1.165, 1.54) is 18.2 Å². The first kappa shape index (κ1) is 15.1. The third-order valence-corrected chi connectivity index (χ3v) is 3.08. The SMILES string of the molecule is O=C(Nc1cc(Br)ccc1C(=O)O)c1cc(F)cc(F)c1. The lowest BCUT2D eigenvalue weighted by Gasteiger charge is -2.09. The van der Waals surface area contributed by atoms with Gasteiger partial charge in [-0.2, -0.15) is 0 Å². The van der Waals surface area contributed by atoms with Crippen LogP contribution in [0.5, 0.6) is 0 Å². The zero-order valence-electron chi connectivity index (χ0n) is 10.4. The number of carboxylic acid groups (broad SMARTS) is 1. The van der Waals surface area contributed by atoms with Crippen molar-refractivity contribution in [1.82, 2.24) is 0 Å². The molecule has 0 heterocycles. The standard InChI is InChI=1S/C14H8BrF2NO3/c15-8-1-2-11(14(20)21)12(5-8)18-13(19)7-3-9(16)6-10(17)4-7/h1-6H,(H,18,19)(H,20,21). The fraction of sp³-hybridized carbons (Fsp3) is 0. The predicted molar refractivity (Wildman–Crippen MR) is 75.4 cm³/mol. The van der Waals surface area contributed by atoms with E-state index in [1.54, 1.807) is 0 Å². The molecule has 2 aromatic rings. The van der Waals surface area contributed by atoms with Crippen molar-refractivity contribution in [3.05, 3.63) is 63.6 Å². The van der Waals surface area contributed by atoms with Crippen LogP contribution in [0.25, 0.3) is 0 Å². The molecule has 0 atom stereocenters. The van der Waals surface area contributed by atoms with Crippen molar-refractivity contribution in [2.75, 3.05) is 5.32 Å². The average Bonchev–Trinajstić information content (AvgIpc) is 2.37. The summed E-state index contributed by atoms with van der Waals surface area (Å²) in [6.07, 6.45) is 0. The van der Waals surface area contributed by atoms with Crippen LogP contribution >= 0.6 is 15.9 Å². The number of nitrogens with one attached hydrogen (secondary N) is 1. The summed E-state index contributed by atoms with van der Waals surface area (Å²) in [5.74, 6) is -3.84. The first-order valence-corrected chi connectivity index (χ1v) is 6.46. The summed E-state index contributed by atoms with van der Waals surface area (Å²) in [7, 11) is 0. The van der Waals surface area contributed by atoms with Crippen LogP contribution in [0.15, 0.2) is 40.9 Å². The number of carbonyl (C=O) groups is 2. The van der Waals surface area contributed by atoms with E-state index < -0.39 is 23.5 Å². The largest absolute Gasteiger partial charge is 0.478 e. The van der Waals surface area contributed by atoms with Gasteiger partial charge in [-0.1, -0.05) is 15.9 Å². The van der Waals surface area contributed by atoms with Gasteiger partial charge >= 0.3 is 5.97 Å². The maximum Gasteiger partial charge on any atom is 0.337 e. The predicted octanol–water partition coefficient (Wildman–Crippen LogP) is 3.68. The molecule has 0 spiro atoms. The maximum absolute atomic E-state index is 13.1. The van der Waals surface area contributed by atoms with Crippen molar-refractivity contribution < 1.29 is 23.5 Å². The molecule has 0 aromatic heterocycles. The summed E-state index contributed by atoms with van der Waals surface area (Å²) in [5.41, 5.74) is -0.362. The van der Waals surface area contributed by atoms with Gasteiger partial charge in [-0.25, -0.2) is 13.6 Å². The molecule has 2 N–H and O–H groups in total. The van der Waals surface area contributed by atoms with E-state index in [4.69, 9.17) is 5.11 Å². The number of halogens is 3. The van der Waals surface area contributed by atoms with Gasteiger partial charge in [-0.05, 0) is 30.3 Å². The number of amides is 1. The van der Waals surface area contributed by atoms with E-state index in [1.807, 2.05) is 0 Å². The van der Waals surface area contributed by atoms with Crippen LogP contribution in [0, 0.1) is 11.6 Å².